The molecule has 0 fully saturated rings. The van der Waals surface area contributed by atoms with Gasteiger partial charge in [0.15, 0.2) is 0 Å². The fraction of sp³-hybridized carbons (Fsp3) is 0.354. The highest BCUT2D eigenvalue weighted by Gasteiger charge is 2.45. The second-order valence-corrected chi connectivity index (χ2v) is 24.1. The van der Waals surface area contributed by atoms with Crippen LogP contribution in [0.2, 0.25) is 0 Å². The molecule has 1 heterocycles. The maximum absolute atomic E-state index is 15.6. The lowest BCUT2D eigenvalue weighted by Gasteiger charge is -2.39. The minimum atomic E-state index is -2.86. The Morgan fingerprint density at radius 3 is 2.21 bits per heavy atom. The predicted molar refractivity (Wildman–Crippen MR) is 294 cm³/mol. The third kappa shape index (κ3) is 9.48. The van der Waals surface area contributed by atoms with Crippen LogP contribution in [0.3, 0.4) is 0 Å². The van der Waals surface area contributed by atoms with Gasteiger partial charge in [-0.25, -0.2) is 0 Å². The molecule has 3 heteroatoms. The van der Waals surface area contributed by atoms with Gasteiger partial charge in [0.25, 0.3) is 0 Å². The van der Waals surface area contributed by atoms with Gasteiger partial charge >= 0.3 is 0 Å². The predicted octanol–water partition coefficient (Wildman–Crippen LogP) is 17.6. The average molecular weight is 916 g/mol. The summed E-state index contributed by atoms with van der Waals surface area (Å²) in [6.45, 7) is 15.6. The maximum atomic E-state index is 15.6. The zero-order chi connectivity index (χ0) is 47.4. The third-order valence-electron chi connectivity index (χ3n) is 15.7. The summed E-state index contributed by atoms with van der Waals surface area (Å²) in [6, 6.07) is 43.6. The molecule has 68 heavy (non-hydrogen) atoms. The van der Waals surface area contributed by atoms with Crippen molar-refractivity contribution < 1.29 is 4.57 Å². The molecule has 350 valence electrons. The molecule has 0 aromatic heterocycles. The average Bonchev–Trinajstić information content (AvgIpc) is 4.01. The van der Waals surface area contributed by atoms with Gasteiger partial charge in [-0.1, -0.05) is 217 Å². The molecule has 0 N–H and O–H groups in total. The molecule has 0 spiro atoms. The zero-order valence-electron chi connectivity index (χ0n) is 41.8. The van der Waals surface area contributed by atoms with Crippen LogP contribution in [0.1, 0.15) is 139 Å². The summed E-state index contributed by atoms with van der Waals surface area (Å²) in [5.41, 5.74) is 11.4. The van der Waals surface area contributed by atoms with Crippen molar-refractivity contribution in [1.82, 2.24) is 0 Å². The number of nitrogens with zero attached hydrogens (tertiary/aromatic N) is 1. The molecule has 4 aliphatic rings. The Hall–Kier alpha value is -5.43. The van der Waals surface area contributed by atoms with Crippen LogP contribution in [0.15, 0.2) is 199 Å². The lowest BCUT2D eigenvalue weighted by atomic mass is 9.69. The Morgan fingerprint density at radius 1 is 0.794 bits per heavy atom. The SMILES string of the molecule is C/C=C\C(=C/CC)C(Cc1ccc2cc(C(C)(C)C)ccc2c1)c1ccc2c(c1)C1CC(C(c3ccccc3)C3C=CC=C3)CC=C1N2C1C=CC(P(=O)(/C(=C/C)CCC)c2ccccc2)CC1. The molecule has 3 aliphatic carbocycles. The van der Waals surface area contributed by atoms with Crippen LogP contribution >= 0.6 is 7.14 Å². The van der Waals surface area contributed by atoms with Crippen molar-refractivity contribution in [3.63, 3.8) is 0 Å². The van der Waals surface area contributed by atoms with E-state index in [0.717, 1.165) is 62.0 Å². The summed E-state index contributed by atoms with van der Waals surface area (Å²) in [5.74, 6) is 1.80. The van der Waals surface area contributed by atoms with E-state index in [1.165, 1.54) is 55.5 Å². The number of benzene rings is 5. The highest BCUT2D eigenvalue weighted by Crippen LogP contribution is 2.62. The van der Waals surface area contributed by atoms with Crippen LogP contribution < -0.4 is 10.2 Å². The lowest BCUT2D eigenvalue weighted by Crippen LogP contribution is -2.36. The van der Waals surface area contributed by atoms with Crippen molar-refractivity contribution in [2.75, 3.05) is 4.90 Å². The molecule has 7 unspecified atom stereocenters. The molecule has 5 aromatic carbocycles. The van der Waals surface area contributed by atoms with Gasteiger partial charge in [0.05, 0.1) is 6.04 Å². The third-order valence-corrected chi connectivity index (χ3v) is 19.5. The number of allylic oxidation sites excluding steroid dienone is 13. The van der Waals surface area contributed by atoms with Crippen molar-refractivity contribution in [2.45, 2.75) is 135 Å². The van der Waals surface area contributed by atoms with E-state index >= 15 is 4.57 Å². The zero-order valence-corrected chi connectivity index (χ0v) is 42.7. The first-order valence-electron chi connectivity index (χ1n) is 25.9. The molecule has 2 nitrogen and oxygen atoms in total. The largest absolute Gasteiger partial charge is 0.338 e. The summed E-state index contributed by atoms with van der Waals surface area (Å²) in [6.07, 6.45) is 33.8. The molecule has 0 amide bonds. The normalized spacial score (nSPS) is 22.6. The molecule has 0 saturated heterocycles. The molecule has 0 radical (unpaired) electrons. The van der Waals surface area contributed by atoms with Crippen molar-refractivity contribution >= 4 is 28.9 Å². The smallest absolute Gasteiger partial charge is 0.145 e. The van der Waals surface area contributed by atoms with Gasteiger partial charge in [0.1, 0.15) is 7.14 Å². The van der Waals surface area contributed by atoms with Crippen molar-refractivity contribution in [2.24, 2.45) is 11.8 Å². The minimum Gasteiger partial charge on any atom is -0.338 e. The van der Waals surface area contributed by atoms with Gasteiger partial charge in [0.2, 0.25) is 0 Å². The molecule has 1 aliphatic heterocycles. The van der Waals surface area contributed by atoms with E-state index in [1.54, 1.807) is 0 Å². The van der Waals surface area contributed by atoms with E-state index in [0.29, 0.717) is 23.7 Å². The number of fused-ring (bicyclic) bond motifs is 4. The summed E-state index contributed by atoms with van der Waals surface area (Å²) < 4.78 is 15.6. The van der Waals surface area contributed by atoms with Gasteiger partial charge in [-0.15, -0.1) is 0 Å². The topological polar surface area (TPSA) is 20.3 Å². The van der Waals surface area contributed by atoms with Crippen LogP contribution in [-0.4, -0.2) is 11.7 Å². The van der Waals surface area contributed by atoms with Gasteiger partial charge in [0, 0.05) is 40.1 Å². The first kappa shape index (κ1) is 47.6. The van der Waals surface area contributed by atoms with E-state index in [9.17, 15) is 0 Å². The Kier molecular flexibility index (Phi) is 14.5. The molecule has 9 rings (SSSR count). The Balaban J connectivity index is 1.12. The van der Waals surface area contributed by atoms with E-state index in [-0.39, 0.29) is 23.0 Å². The van der Waals surface area contributed by atoms with Crippen LogP contribution in [0.4, 0.5) is 5.69 Å². The first-order valence-corrected chi connectivity index (χ1v) is 27.7. The van der Waals surface area contributed by atoms with E-state index in [2.05, 4.69) is 229 Å². The number of anilines is 1. The Labute approximate surface area is 409 Å². The van der Waals surface area contributed by atoms with Crippen LogP contribution in [0.5, 0.6) is 0 Å². The monoisotopic (exact) mass is 916 g/mol. The molecule has 7 atom stereocenters. The quantitative estimate of drug-likeness (QED) is 0.0592. The minimum absolute atomic E-state index is 0.00480. The number of hydrogen-bond acceptors (Lipinski definition) is 2. The van der Waals surface area contributed by atoms with Gasteiger partial charge < -0.3 is 9.46 Å². The fourth-order valence-electron chi connectivity index (χ4n) is 12.3. The Bertz CT molecular complexity index is 2830. The fourth-order valence-corrected chi connectivity index (χ4v) is 15.9. The van der Waals surface area contributed by atoms with Crippen LogP contribution in [0.25, 0.3) is 10.8 Å². The van der Waals surface area contributed by atoms with Crippen molar-refractivity contribution in [3.05, 3.63) is 226 Å². The lowest BCUT2D eigenvalue weighted by molar-refractivity contribution is 0.334. The molecule has 0 saturated carbocycles. The van der Waals surface area contributed by atoms with Crippen molar-refractivity contribution in [1.29, 1.82) is 0 Å². The molecule has 5 aromatic rings. The molecule has 0 bridgehead atoms. The van der Waals surface area contributed by atoms with Gasteiger partial charge in [-0.05, 0) is 132 Å². The van der Waals surface area contributed by atoms with E-state index in [4.69, 9.17) is 0 Å². The highest BCUT2D eigenvalue weighted by atomic mass is 31.2. The number of hydrogen-bond donors (Lipinski definition) is 0. The second-order valence-electron chi connectivity index (χ2n) is 21.0. The standard InChI is InChI=1S/C65H74NOP/c1-8-20-47(21-9-2)59(42-46-29-30-51-43-54(65(5,6)7)34-31-50(51)41-46)52-32-39-62-60(44-52)61-45-53(64(49-25-18-19-26-49)48-23-14-12-15-24-48)33-40-63(61)66(62)55-35-37-58(38-36-55)68(67,56(11-4)22-10-3)57-27-16-13-17-28-57/h8,11-21,23-32,34-35,37,39-41,43-44,49,53,55,58-59,61,64H,9-10,22,33,36,38,42,45H2,1-7H3/b20-8-,47-21+,56-11+. The second kappa shape index (κ2) is 20.7. The highest BCUT2D eigenvalue weighted by molar-refractivity contribution is 7.76. The van der Waals surface area contributed by atoms with Crippen LogP contribution in [0, 0.1) is 11.8 Å². The van der Waals surface area contributed by atoms with E-state index in [1.807, 2.05) is 6.07 Å². The summed E-state index contributed by atoms with van der Waals surface area (Å²) >= 11 is 0. The molecular weight excluding hydrogens is 842 g/mol. The number of rotatable bonds is 15. The summed E-state index contributed by atoms with van der Waals surface area (Å²) in [7, 11) is -2.86. The van der Waals surface area contributed by atoms with Gasteiger partial charge in [-0.2, -0.15) is 0 Å². The summed E-state index contributed by atoms with van der Waals surface area (Å²) in [5, 5.41) is 4.74. The Morgan fingerprint density at radius 2 is 1.53 bits per heavy atom. The van der Waals surface area contributed by atoms with Crippen LogP contribution in [-0.2, 0) is 16.4 Å². The van der Waals surface area contributed by atoms with Gasteiger partial charge in [-0.3, -0.25) is 0 Å². The molecular formula is C65H74NOP. The maximum Gasteiger partial charge on any atom is 0.145 e. The van der Waals surface area contributed by atoms with E-state index < -0.39 is 7.14 Å². The summed E-state index contributed by atoms with van der Waals surface area (Å²) in [4.78, 5) is 2.72. The first-order chi connectivity index (χ1) is 33.0. The van der Waals surface area contributed by atoms with Crippen molar-refractivity contribution in [3.8, 4) is 0 Å².